The van der Waals surface area contributed by atoms with E-state index in [0.717, 1.165) is 12.3 Å². The average Bonchev–Trinajstić information content (AvgIpc) is 2.44. The lowest BCUT2D eigenvalue weighted by molar-refractivity contribution is -0.141. The highest BCUT2D eigenvalue weighted by Crippen LogP contribution is 2.28. The molecule has 8 heteroatoms. The molecule has 110 valence electrons. The number of nitrogens with zero attached hydrogens (tertiary/aromatic N) is 2. The number of carbonyl (C=O) groups is 1. The van der Waals surface area contributed by atoms with Gasteiger partial charge in [-0.15, -0.1) is 0 Å². The maximum atomic E-state index is 13.5. The van der Waals surface area contributed by atoms with Gasteiger partial charge in [-0.3, -0.25) is 9.78 Å². The lowest BCUT2D eigenvalue weighted by atomic mass is 10.1. The molecule has 2 aromatic rings. The first-order valence-electron chi connectivity index (χ1n) is 5.76. The van der Waals surface area contributed by atoms with E-state index in [1.165, 1.54) is 12.1 Å². The van der Waals surface area contributed by atoms with E-state index in [-0.39, 0.29) is 17.8 Å². The fraction of sp³-hybridized carbons (Fsp3) is 0.154. The van der Waals surface area contributed by atoms with Gasteiger partial charge in [-0.1, -0.05) is 0 Å². The van der Waals surface area contributed by atoms with Gasteiger partial charge in [-0.25, -0.2) is 9.37 Å². The second-order valence-electron chi connectivity index (χ2n) is 4.13. The molecule has 1 N–H and O–H groups in total. The molecule has 1 aromatic heterocycles. The Morgan fingerprint density at radius 2 is 1.90 bits per heavy atom. The van der Waals surface area contributed by atoms with Gasteiger partial charge in [0.2, 0.25) is 6.41 Å². The Hall–Kier alpha value is -2.51. The number of nitrogens with one attached hydrogen (secondary N) is 1. The van der Waals surface area contributed by atoms with Crippen LogP contribution in [0.1, 0.15) is 11.3 Å². The summed E-state index contributed by atoms with van der Waals surface area (Å²) in [7, 11) is 0. The van der Waals surface area contributed by atoms with Gasteiger partial charge in [0.1, 0.15) is 5.82 Å². The van der Waals surface area contributed by atoms with Gasteiger partial charge in [0.05, 0.1) is 18.1 Å². The first-order valence-corrected chi connectivity index (χ1v) is 5.76. The van der Waals surface area contributed by atoms with Crippen molar-refractivity contribution < 1.29 is 22.4 Å². The quantitative estimate of drug-likeness (QED) is 0.697. The van der Waals surface area contributed by atoms with Crippen LogP contribution in [0.2, 0.25) is 0 Å². The Balaban J connectivity index is 2.33. The molecule has 0 aliphatic heterocycles. The monoisotopic (exact) mass is 299 g/mol. The molecule has 0 unspecified atom stereocenters. The zero-order valence-electron chi connectivity index (χ0n) is 10.5. The molecule has 1 aromatic carbocycles. The molecular weight excluding hydrogens is 290 g/mol. The summed E-state index contributed by atoms with van der Waals surface area (Å²) in [5, 5.41) is 2.37. The average molecular weight is 299 g/mol. The van der Waals surface area contributed by atoms with Crippen molar-refractivity contribution >= 4 is 6.41 Å². The van der Waals surface area contributed by atoms with E-state index in [1.54, 1.807) is 0 Å². The van der Waals surface area contributed by atoms with Crippen LogP contribution in [0.15, 0.2) is 30.6 Å². The third-order valence-corrected chi connectivity index (χ3v) is 2.59. The molecule has 2 rings (SSSR count). The van der Waals surface area contributed by atoms with Gasteiger partial charge < -0.3 is 5.32 Å². The van der Waals surface area contributed by atoms with Crippen LogP contribution >= 0.6 is 0 Å². The molecule has 0 fully saturated rings. The van der Waals surface area contributed by atoms with E-state index in [1.807, 2.05) is 0 Å². The summed E-state index contributed by atoms with van der Waals surface area (Å²) in [5.74, 6) is -0.586. The van der Waals surface area contributed by atoms with Crippen LogP contribution in [0.5, 0.6) is 0 Å². The molecule has 1 amide bonds. The van der Waals surface area contributed by atoms with Crippen LogP contribution in [-0.2, 0) is 17.5 Å². The van der Waals surface area contributed by atoms with E-state index in [4.69, 9.17) is 0 Å². The van der Waals surface area contributed by atoms with Crippen molar-refractivity contribution in [3.05, 3.63) is 47.7 Å². The zero-order chi connectivity index (χ0) is 15.5. The number of hydrogen-bond acceptors (Lipinski definition) is 3. The molecule has 0 saturated carbocycles. The summed E-state index contributed by atoms with van der Waals surface area (Å²) >= 11 is 0. The van der Waals surface area contributed by atoms with Gasteiger partial charge in [0.25, 0.3) is 0 Å². The summed E-state index contributed by atoms with van der Waals surface area (Å²) in [5.41, 5.74) is -0.280. The molecule has 4 nitrogen and oxygen atoms in total. The van der Waals surface area contributed by atoms with Gasteiger partial charge in [-0.2, -0.15) is 13.2 Å². The molecule has 0 atom stereocenters. The second kappa shape index (κ2) is 5.86. The second-order valence-corrected chi connectivity index (χ2v) is 4.13. The third kappa shape index (κ3) is 3.74. The van der Waals surface area contributed by atoms with Crippen LogP contribution in [0.25, 0.3) is 11.3 Å². The number of carbonyl (C=O) groups excluding carboxylic acids is 1. The molecule has 21 heavy (non-hydrogen) atoms. The van der Waals surface area contributed by atoms with Crippen molar-refractivity contribution in [2.24, 2.45) is 0 Å². The number of hydrogen-bond donors (Lipinski definition) is 1. The molecule has 1 heterocycles. The SMILES string of the molecule is O=CNCc1cc(F)cc(-c2cnc(C(F)(F)F)cn2)c1. The zero-order valence-corrected chi connectivity index (χ0v) is 10.5. The summed E-state index contributed by atoms with van der Waals surface area (Å²) in [4.78, 5) is 17.1. The van der Waals surface area contributed by atoms with E-state index < -0.39 is 17.7 Å². The smallest absolute Gasteiger partial charge is 0.355 e. The van der Waals surface area contributed by atoms with Crippen molar-refractivity contribution in [2.45, 2.75) is 12.7 Å². The fourth-order valence-electron chi connectivity index (χ4n) is 1.68. The Labute approximate surface area is 116 Å². The van der Waals surface area contributed by atoms with Crippen molar-refractivity contribution in [1.29, 1.82) is 0 Å². The van der Waals surface area contributed by atoms with E-state index >= 15 is 0 Å². The summed E-state index contributed by atoms with van der Waals surface area (Å²) < 4.78 is 50.6. The maximum Gasteiger partial charge on any atom is 0.434 e. The van der Waals surface area contributed by atoms with Crippen molar-refractivity contribution in [1.82, 2.24) is 15.3 Å². The lowest BCUT2D eigenvalue weighted by Crippen LogP contribution is -2.10. The largest absolute Gasteiger partial charge is 0.434 e. The number of aromatic nitrogens is 2. The Morgan fingerprint density at radius 3 is 2.48 bits per heavy atom. The van der Waals surface area contributed by atoms with E-state index in [0.29, 0.717) is 18.2 Å². The minimum absolute atomic E-state index is 0.0995. The standard InChI is InChI=1S/C13H9F4N3O/c14-10-2-8(4-18-7-21)1-9(3-10)11-5-20-12(6-19-11)13(15,16)17/h1-3,5-7H,4H2,(H,18,21). The molecule has 0 aliphatic rings. The predicted octanol–water partition coefficient (Wildman–Crippen LogP) is 2.55. The van der Waals surface area contributed by atoms with Crippen molar-refractivity contribution in [3.63, 3.8) is 0 Å². The third-order valence-electron chi connectivity index (χ3n) is 2.59. The van der Waals surface area contributed by atoms with E-state index in [2.05, 4.69) is 15.3 Å². The highest BCUT2D eigenvalue weighted by atomic mass is 19.4. The topological polar surface area (TPSA) is 54.9 Å². The van der Waals surface area contributed by atoms with Gasteiger partial charge in [0.15, 0.2) is 5.69 Å². The highest BCUT2D eigenvalue weighted by Gasteiger charge is 2.32. The number of benzene rings is 1. The molecule has 0 saturated heterocycles. The number of alkyl halides is 3. The molecule has 0 aliphatic carbocycles. The van der Waals surface area contributed by atoms with Gasteiger partial charge in [0, 0.05) is 12.1 Å². The summed E-state index contributed by atoms with van der Waals surface area (Å²) in [6.07, 6.45) is -2.60. The maximum absolute atomic E-state index is 13.5. The molecule has 0 bridgehead atoms. The predicted molar refractivity (Wildman–Crippen MR) is 65.3 cm³/mol. The van der Waals surface area contributed by atoms with E-state index in [9.17, 15) is 22.4 Å². The number of rotatable bonds is 4. The normalized spacial score (nSPS) is 11.2. The summed E-state index contributed by atoms with van der Waals surface area (Å²) in [6, 6.07) is 3.84. The minimum atomic E-state index is -4.58. The van der Waals surface area contributed by atoms with Crippen LogP contribution in [-0.4, -0.2) is 16.4 Å². The highest BCUT2D eigenvalue weighted by molar-refractivity contribution is 5.59. The Morgan fingerprint density at radius 1 is 1.14 bits per heavy atom. The Kier molecular flexibility index (Phi) is 4.15. The van der Waals surface area contributed by atoms with Crippen LogP contribution in [0.3, 0.4) is 0 Å². The lowest BCUT2D eigenvalue weighted by Gasteiger charge is -2.07. The van der Waals surface area contributed by atoms with Crippen LogP contribution in [0.4, 0.5) is 17.6 Å². The van der Waals surface area contributed by atoms with Crippen LogP contribution in [0, 0.1) is 5.82 Å². The first-order chi connectivity index (χ1) is 9.90. The molecule has 0 radical (unpaired) electrons. The van der Waals surface area contributed by atoms with Gasteiger partial charge in [-0.05, 0) is 23.8 Å². The first kappa shape index (κ1) is 14.9. The minimum Gasteiger partial charge on any atom is -0.355 e. The summed E-state index contributed by atoms with van der Waals surface area (Å²) in [6.45, 7) is 0.0995. The fourth-order valence-corrected chi connectivity index (χ4v) is 1.68. The van der Waals surface area contributed by atoms with Gasteiger partial charge >= 0.3 is 6.18 Å². The number of amides is 1. The number of halogens is 4. The molecular formula is C13H9F4N3O. The van der Waals surface area contributed by atoms with Crippen molar-refractivity contribution in [2.75, 3.05) is 0 Å². The Bertz CT molecular complexity index is 641. The van der Waals surface area contributed by atoms with Crippen molar-refractivity contribution in [3.8, 4) is 11.3 Å². The van der Waals surface area contributed by atoms with Crippen LogP contribution < -0.4 is 5.32 Å². The molecule has 0 spiro atoms.